The highest BCUT2D eigenvalue weighted by atomic mass is 16.5. The van der Waals surface area contributed by atoms with E-state index < -0.39 is 0 Å². The van der Waals surface area contributed by atoms with E-state index in [9.17, 15) is 0 Å². The molecule has 0 aliphatic heterocycles. The highest BCUT2D eigenvalue weighted by molar-refractivity contribution is 5.35. The molecule has 0 amide bonds. The molecule has 0 heterocycles. The molecule has 0 aromatic heterocycles. The molecule has 0 spiro atoms. The fourth-order valence-corrected chi connectivity index (χ4v) is 1.82. The smallest absolute Gasteiger partial charge is 0.122 e. The molecule has 15 heavy (non-hydrogen) atoms. The Morgan fingerprint density at radius 3 is 2.67 bits per heavy atom. The van der Waals surface area contributed by atoms with Crippen LogP contribution in [0.2, 0.25) is 0 Å². The molecular weight excluding hydrogens is 186 g/mol. The zero-order chi connectivity index (χ0) is 11.1. The zero-order valence-corrected chi connectivity index (χ0v) is 9.70. The van der Waals surface area contributed by atoms with Crippen LogP contribution in [0.15, 0.2) is 24.3 Å². The summed E-state index contributed by atoms with van der Waals surface area (Å²) >= 11 is 0. The highest BCUT2D eigenvalue weighted by Crippen LogP contribution is 2.29. The number of nitrogens with two attached hydrogens (primary N) is 1. The normalized spacial score (nSPS) is 12.5. The van der Waals surface area contributed by atoms with Crippen LogP contribution in [0.25, 0.3) is 0 Å². The molecule has 0 radical (unpaired) electrons. The summed E-state index contributed by atoms with van der Waals surface area (Å²) in [5, 5.41) is 0. The van der Waals surface area contributed by atoms with Crippen molar-refractivity contribution in [1.29, 1.82) is 0 Å². The molecular formula is C13H21NO. The second-order valence-corrected chi connectivity index (χ2v) is 3.93. The van der Waals surface area contributed by atoms with Crippen LogP contribution in [-0.4, -0.2) is 13.7 Å². The van der Waals surface area contributed by atoms with E-state index in [1.807, 2.05) is 12.1 Å². The summed E-state index contributed by atoms with van der Waals surface area (Å²) in [5.74, 6) is 1.55. The minimum Gasteiger partial charge on any atom is -0.496 e. The summed E-state index contributed by atoms with van der Waals surface area (Å²) in [7, 11) is 1.73. The lowest BCUT2D eigenvalue weighted by Gasteiger charge is -2.15. The Hall–Kier alpha value is -1.02. The molecule has 0 saturated carbocycles. The number of hydrogen-bond acceptors (Lipinski definition) is 2. The second-order valence-electron chi connectivity index (χ2n) is 3.93. The second kappa shape index (κ2) is 6.46. The minimum absolute atomic E-state index is 0.549. The van der Waals surface area contributed by atoms with Crippen molar-refractivity contribution in [2.75, 3.05) is 13.7 Å². The Morgan fingerprint density at radius 1 is 1.27 bits per heavy atom. The van der Waals surface area contributed by atoms with Gasteiger partial charge in [-0.3, -0.25) is 0 Å². The molecule has 2 heteroatoms. The Balaban J connectivity index is 2.59. The third-order valence-electron chi connectivity index (χ3n) is 2.76. The van der Waals surface area contributed by atoms with Gasteiger partial charge in [0.2, 0.25) is 0 Å². The van der Waals surface area contributed by atoms with Crippen LogP contribution in [0, 0.1) is 0 Å². The van der Waals surface area contributed by atoms with Gasteiger partial charge in [0.15, 0.2) is 0 Å². The number of ether oxygens (including phenoxy) is 1. The van der Waals surface area contributed by atoms with Crippen molar-refractivity contribution >= 4 is 0 Å². The monoisotopic (exact) mass is 207 g/mol. The molecule has 1 unspecified atom stereocenters. The first-order valence-electron chi connectivity index (χ1n) is 5.62. The first kappa shape index (κ1) is 12.1. The number of rotatable bonds is 6. The first-order valence-corrected chi connectivity index (χ1v) is 5.62. The molecule has 0 fully saturated rings. The SMILES string of the molecule is COc1ccccc1C(C)CCCCN. The summed E-state index contributed by atoms with van der Waals surface area (Å²) in [6, 6.07) is 8.24. The third-order valence-corrected chi connectivity index (χ3v) is 2.76. The average molecular weight is 207 g/mol. The fourth-order valence-electron chi connectivity index (χ4n) is 1.82. The van der Waals surface area contributed by atoms with Gasteiger partial charge in [0.05, 0.1) is 7.11 Å². The third kappa shape index (κ3) is 3.56. The Bertz CT molecular complexity index is 286. The quantitative estimate of drug-likeness (QED) is 0.728. The van der Waals surface area contributed by atoms with E-state index in [4.69, 9.17) is 10.5 Å². The molecule has 1 rings (SSSR count). The molecule has 0 aliphatic carbocycles. The van der Waals surface area contributed by atoms with Crippen LogP contribution in [0.4, 0.5) is 0 Å². The minimum atomic E-state index is 0.549. The van der Waals surface area contributed by atoms with E-state index in [0.29, 0.717) is 5.92 Å². The van der Waals surface area contributed by atoms with Crippen LogP contribution in [0.5, 0.6) is 5.75 Å². The summed E-state index contributed by atoms with van der Waals surface area (Å²) in [6.45, 7) is 3.03. The lowest BCUT2D eigenvalue weighted by Crippen LogP contribution is -2.01. The number of methoxy groups -OCH3 is 1. The van der Waals surface area contributed by atoms with E-state index in [1.54, 1.807) is 7.11 Å². The van der Waals surface area contributed by atoms with Crippen LogP contribution in [0.3, 0.4) is 0 Å². The molecule has 1 aromatic carbocycles. The number of benzene rings is 1. The van der Waals surface area contributed by atoms with Gasteiger partial charge in [0.1, 0.15) is 5.75 Å². The largest absolute Gasteiger partial charge is 0.496 e. The molecule has 1 atom stereocenters. The Kier molecular flexibility index (Phi) is 5.19. The fraction of sp³-hybridized carbons (Fsp3) is 0.538. The van der Waals surface area contributed by atoms with Crippen molar-refractivity contribution in [1.82, 2.24) is 0 Å². The summed E-state index contributed by atoms with van der Waals surface area (Å²) in [6.07, 6.45) is 3.48. The van der Waals surface area contributed by atoms with Gasteiger partial charge in [0.25, 0.3) is 0 Å². The maximum absolute atomic E-state index is 5.48. The summed E-state index contributed by atoms with van der Waals surface area (Å²) in [4.78, 5) is 0. The van der Waals surface area contributed by atoms with Gasteiger partial charge >= 0.3 is 0 Å². The van der Waals surface area contributed by atoms with E-state index in [1.165, 1.54) is 18.4 Å². The predicted octanol–water partition coefficient (Wildman–Crippen LogP) is 2.93. The topological polar surface area (TPSA) is 35.2 Å². The molecule has 0 aliphatic rings. The van der Waals surface area contributed by atoms with Gasteiger partial charge in [0, 0.05) is 0 Å². The van der Waals surface area contributed by atoms with Gasteiger partial charge in [-0.05, 0) is 36.9 Å². The van der Waals surface area contributed by atoms with E-state index in [-0.39, 0.29) is 0 Å². The van der Waals surface area contributed by atoms with Gasteiger partial charge in [-0.2, -0.15) is 0 Å². The molecule has 2 nitrogen and oxygen atoms in total. The van der Waals surface area contributed by atoms with Crippen LogP contribution >= 0.6 is 0 Å². The zero-order valence-electron chi connectivity index (χ0n) is 9.70. The first-order chi connectivity index (χ1) is 7.29. The van der Waals surface area contributed by atoms with Crippen LogP contribution in [0.1, 0.15) is 37.7 Å². The lowest BCUT2D eigenvalue weighted by molar-refractivity contribution is 0.404. The molecule has 0 saturated heterocycles. The lowest BCUT2D eigenvalue weighted by atomic mass is 9.94. The van der Waals surface area contributed by atoms with Crippen molar-refractivity contribution < 1.29 is 4.74 Å². The van der Waals surface area contributed by atoms with E-state index in [2.05, 4.69) is 19.1 Å². The number of hydrogen-bond donors (Lipinski definition) is 1. The van der Waals surface area contributed by atoms with Crippen molar-refractivity contribution in [2.24, 2.45) is 5.73 Å². The van der Waals surface area contributed by atoms with Crippen LogP contribution in [-0.2, 0) is 0 Å². The Morgan fingerprint density at radius 2 is 2.00 bits per heavy atom. The number of unbranched alkanes of at least 4 members (excludes halogenated alkanes) is 1. The summed E-state index contributed by atoms with van der Waals surface area (Å²) in [5.41, 5.74) is 6.79. The Labute approximate surface area is 92.4 Å². The summed E-state index contributed by atoms with van der Waals surface area (Å²) < 4.78 is 5.35. The molecule has 84 valence electrons. The van der Waals surface area contributed by atoms with Crippen molar-refractivity contribution in [3.63, 3.8) is 0 Å². The highest BCUT2D eigenvalue weighted by Gasteiger charge is 2.09. The molecule has 1 aromatic rings. The maximum Gasteiger partial charge on any atom is 0.122 e. The predicted molar refractivity (Wildman–Crippen MR) is 64.3 cm³/mol. The molecule has 0 bridgehead atoms. The van der Waals surface area contributed by atoms with Gasteiger partial charge in [-0.25, -0.2) is 0 Å². The van der Waals surface area contributed by atoms with Crippen molar-refractivity contribution in [3.05, 3.63) is 29.8 Å². The molecule has 2 N–H and O–H groups in total. The van der Waals surface area contributed by atoms with E-state index >= 15 is 0 Å². The van der Waals surface area contributed by atoms with Gasteiger partial charge in [-0.1, -0.05) is 31.5 Å². The van der Waals surface area contributed by atoms with E-state index in [0.717, 1.165) is 18.7 Å². The van der Waals surface area contributed by atoms with Crippen molar-refractivity contribution in [3.8, 4) is 5.75 Å². The average Bonchev–Trinajstić information content (AvgIpc) is 2.29. The van der Waals surface area contributed by atoms with Crippen molar-refractivity contribution in [2.45, 2.75) is 32.1 Å². The number of para-hydroxylation sites is 1. The standard InChI is InChI=1S/C13H21NO/c1-11(7-5-6-10-14)12-8-3-4-9-13(12)15-2/h3-4,8-9,11H,5-7,10,14H2,1-2H3. The van der Waals surface area contributed by atoms with Gasteiger partial charge < -0.3 is 10.5 Å². The van der Waals surface area contributed by atoms with Gasteiger partial charge in [-0.15, -0.1) is 0 Å². The maximum atomic E-state index is 5.48. The van der Waals surface area contributed by atoms with Crippen LogP contribution < -0.4 is 10.5 Å².